The number of amides is 1. The summed E-state index contributed by atoms with van der Waals surface area (Å²) in [4.78, 5) is 11.7. The number of carbonyl (C=O) groups is 1. The summed E-state index contributed by atoms with van der Waals surface area (Å²) in [5.41, 5.74) is 0. The zero-order valence-corrected chi connectivity index (χ0v) is 9.43. The molecular weight excluding hydrogens is 222 g/mol. The van der Waals surface area contributed by atoms with E-state index in [-0.39, 0.29) is 11.7 Å². The third-order valence-electron chi connectivity index (χ3n) is 2.18. The minimum Gasteiger partial charge on any atom is -0.467 e. The van der Waals surface area contributed by atoms with Crippen molar-refractivity contribution in [3.05, 3.63) is 47.8 Å². The third kappa shape index (κ3) is 2.98. The Kier molecular flexibility index (Phi) is 3.62. The quantitative estimate of drug-likeness (QED) is 0.860. The fourth-order valence-corrected chi connectivity index (χ4v) is 1.39. The summed E-state index contributed by atoms with van der Waals surface area (Å²) in [6.07, 6.45) is 1.56. The molecule has 2 aromatic rings. The Hall–Kier alpha value is -2.01. The first-order valence-corrected chi connectivity index (χ1v) is 5.18. The lowest BCUT2D eigenvalue weighted by Gasteiger charge is -2.00. The highest BCUT2D eigenvalue weighted by molar-refractivity contribution is 5.91. The van der Waals surface area contributed by atoms with Crippen LogP contribution >= 0.6 is 0 Å². The molecule has 2 heterocycles. The van der Waals surface area contributed by atoms with Crippen molar-refractivity contribution < 1.29 is 18.4 Å². The Morgan fingerprint density at radius 1 is 1.35 bits per heavy atom. The number of carbonyl (C=O) groups excluding carboxylic acids is 1. The van der Waals surface area contributed by atoms with E-state index >= 15 is 0 Å². The van der Waals surface area contributed by atoms with Crippen LogP contribution in [-0.4, -0.2) is 13.0 Å². The van der Waals surface area contributed by atoms with E-state index in [9.17, 15) is 4.79 Å². The van der Waals surface area contributed by atoms with Crippen molar-refractivity contribution in [2.75, 3.05) is 7.11 Å². The molecule has 17 heavy (non-hydrogen) atoms. The summed E-state index contributed by atoms with van der Waals surface area (Å²) >= 11 is 0. The van der Waals surface area contributed by atoms with Crippen molar-refractivity contribution in [1.29, 1.82) is 0 Å². The van der Waals surface area contributed by atoms with Gasteiger partial charge in [0.1, 0.15) is 18.1 Å². The van der Waals surface area contributed by atoms with E-state index < -0.39 is 0 Å². The van der Waals surface area contributed by atoms with Gasteiger partial charge in [-0.1, -0.05) is 0 Å². The van der Waals surface area contributed by atoms with Gasteiger partial charge in [0.15, 0.2) is 5.76 Å². The summed E-state index contributed by atoms with van der Waals surface area (Å²) in [7, 11) is 1.57. The van der Waals surface area contributed by atoms with Gasteiger partial charge in [0, 0.05) is 7.11 Å². The molecule has 0 radical (unpaired) electrons. The van der Waals surface area contributed by atoms with Crippen LogP contribution in [0.15, 0.2) is 39.4 Å². The van der Waals surface area contributed by atoms with Crippen molar-refractivity contribution in [3.8, 4) is 0 Å². The highest BCUT2D eigenvalue weighted by Crippen LogP contribution is 2.09. The highest BCUT2D eigenvalue weighted by Gasteiger charge is 2.11. The van der Waals surface area contributed by atoms with Gasteiger partial charge in [0.2, 0.25) is 0 Å². The lowest BCUT2D eigenvalue weighted by Crippen LogP contribution is -2.21. The maximum absolute atomic E-state index is 11.7. The monoisotopic (exact) mass is 235 g/mol. The van der Waals surface area contributed by atoms with Crippen LogP contribution in [0.2, 0.25) is 0 Å². The summed E-state index contributed by atoms with van der Waals surface area (Å²) in [5.74, 6) is 1.31. The minimum atomic E-state index is -0.274. The molecule has 1 N–H and O–H groups in total. The van der Waals surface area contributed by atoms with Crippen molar-refractivity contribution in [3.63, 3.8) is 0 Å². The van der Waals surface area contributed by atoms with Crippen LogP contribution < -0.4 is 5.32 Å². The van der Waals surface area contributed by atoms with Crippen LogP contribution in [0.4, 0.5) is 0 Å². The molecule has 0 aromatic carbocycles. The van der Waals surface area contributed by atoms with Crippen LogP contribution in [0.25, 0.3) is 0 Å². The fraction of sp³-hybridized carbons (Fsp3) is 0.250. The normalized spacial score (nSPS) is 10.4. The van der Waals surface area contributed by atoms with E-state index in [2.05, 4.69) is 5.32 Å². The van der Waals surface area contributed by atoms with Gasteiger partial charge in [0.25, 0.3) is 5.91 Å². The Balaban J connectivity index is 1.90. The minimum absolute atomic E-state index is 0.267. The Labute approximate surface area is 98.4 Å². The standard InChI is InChI=1S/C12H13NO4/c1-15-8-10-4-5-11(17-10)12(14)13-7-9-3-2-6-16-9/h2-6H,7-8H2,1H3,(H,13,14). The second kappa shape index (κ2) is 5.36. The Morgan fingerprint density at radius 3 is 2.94 bits per heavy atom. The molecule has 0 aliphatic carbocycles. The van der Waals surface area contributed by atoms with Gasteiger partial charge in [-0.2, -0.15) is 0 Å². The molecule has 1 amide bonds. The largest absolute Gasteiger partial charge is 0.467 e. The van der Waals surface area contributed by atoms with E-state index in [1.807, 2.05) is 0 Å². The molecular formula is C12H13NO4. The number of ether oxygens (including phenoxy) is 1. The molecule has 90 valence electrons. The summed E-state index contributed by atoms with van der Waals surface area (Å²) in [6, 6.07) is 6.89. The molecule has 5 heteroatoms. The average Bonchev–Trinajstić information content (AvgIpc) is 2.97. The third-order valence-corrected chi connectivity index (χ3v) is 2.18. The number of nitrogens with one attached hydrogen (secondary N) is 1. The smallest absolute Gasteiger partial charge is 0.287 e. The van der Waals surface area contributed by atoms with Crippen LogP contribution in [-0.2, 0) is 17.9 Å². The first-order chi connectivity index (χ1) is 8.29. The van der Waals surface area contributed by atoms with Crippen molar-refractivity contribution in [1.82, 2.24) is 5.32 Å². The summed E-state index contributed by atoms with van der Waals surface area (Å²) < 4.78 is 15.3. The Bertz CT molecular complexity index is 472. The summed E-state index contributed by atoms with van der Waals surface area (Å²) in [6.45, 7) is 0.692. The molecule has 0 fully saturated rings. The van der Waals surface area contributed by atoms with E-state index in [0.717, 1.165) is 0 Å². The number of hydrogen-bond acceptors (Lipinski definition) is 4. The summed E-state index contributed by atoms with van der Waals surface area (Å²) in [5, 5.41) is 2.69. The Morgan fingerprint density at radius 2 is 2.24 bits per heavy atom. The maximum atomic E-state index is 11.7. The van der Waals surface area contributed by atoms with Gasteiger partial charge in [-0.15, -0.1) is 0 Å². The molecule has 0 saturated carbocycles. The molecule has 0 aliphatic rings. The van der Waals surface area contributed by atoms with E-state index in [0.29, 0.717) is 24.7 Å². The van der Waals surface area contributed by atoms with E-state index in [4.69, 9.17) is 13.6 Å². The van der Waals surface area contributed by atoms with Gasteiger partial charge in [-0.3, -0.25) is 4.79 Å². The van der Waals surface area contributed by atoms with Crippen LogP contribution in [0.5, 0.6) is 0 Å². The van der Waals surface area contributed by atoms with Gasteiger partial charge >= 0.3 is 0 Å². The van der Waals surface area contributed by atoms with E-state index in [1.54, 1.807) is 37.6 Å². The van der Waals surface area contributed by atoms with Crippen molar-refractivity contribution in [2.45, 2.75) is 13.2 Å². The zero-order chi connectivity index (χ0) is 12.1. The average molecular weight is 235 g/mol. The van der Waals surface area contributed by atoms with Gasteiger partial charge in [-0.05, 0) is 24.3 Å². The molecule has 0 saturated heterocycles. The number of rotatable bonds is 5. The first-order valence-electron chi connectivity index (χ1n) is 5.18. The zero-order valence-electron chi connectivity index (χ0n) is 9.43. The molecule has 2 aromatic heterocycles. The fourth-order valence-electron chi connectivity index (χ4n) is 1.39. The number of hydrogen-bond donors (Lipinski definition) is 1. The van der Waals surface area contributed by atoms with Crippen LogP contribution in [0.3, 0.4) is 0 Å². The maximum Gasteiger partial charge on any atom is 0.287 e. The predicted octanol–water partition coefficient (Wildman–Crippen LogP) is 1.95. The highest BCUT2D eigenvalue weighted by atomic mass is 16.5. The molecule has 0 unspecified atom stereocenters. The SMILES string of the molecule is COCc1ccc(C(=O)NCc2ccco2)o1. The number of furan rings is 2. The molecule has 0 aliphatic heterocycles. The van der Waals surface area contributed by atoms with Gasteiger partial charge in [0.05, 0.1) is 12.8 Å². The predicted molar refractivity (Wildman–Crippen MR) is 59.3 cm³/mol. The van der Waals surface area contributed by atoms with E-state index in [1.165, 1.54) is 0 Å². The van der Waals surface area contributed by atoms with Gasteiger partial charge in [-0.25, -0.2) is 0 Å². The number of methoxy groups -OCH3 is 1. The molecule has 5 nitrogen and oxygen atoms in total. The lowest BCUT2D eigenvalue weighted by molar-refractivity contribution is 0.0911. The molecule has 0 bridgehead atoms. The van der Waals surface area contributed by atoms with Crippen molar-refractivity contribution >= 4 is 5.91 Å². The second-order valence-corrected chi connectivity index (χ2v) is 3.46. The second-order valence-electron chi connectivity index (χ2n) is 3.46. The molecule has 0 spiro atoms. The first kappa shape index (κ1) is 11.5. The van der Waals surface area contributed by atoms with Crippen LogP contribution in [0.1, 0.15) is 22.1 Å². The molecule has 2 rings (SSSR count). The van der Waals surface area contributed by atoms with Crippen molar-refractivity contribution in [2.24, 2.45) is 0 Å². The molecule has 0 atom stereocenters. The van der Waals surface area contributed by atoms with Gasteiger partial charge < -0.3 is 18.9 Å². The topological polar surface area (TPSA) is 64.6 Å². The van der Waals surface area contributed by atoms with Crippen LogP contribution in [0, 0.1) is 0 Å². The lowest BCUT2D eigenvalue weighted by atomic mass is 10.4.